The molecular formula is C8H15N3O2. The molecule has 1 aliphatic rings. The number of hydrogen-bond donors (Lipinski definition) is 2. The molecule has 1 heterocycles. The monoisotopic (exact) mass is 185 g/mol. The molecule has 74 valence electrons. The standard InChI is InChI=1S/C8H15N3O2/c1-3-9-8(13)11-5-4-10-7(12)6(11)2/h6H,3-5H2,1-2H3,(H,9,13)(H,10,12). The lowest BCUT2D eigenvalue weighted by Gasteiger charge is -2.32. The summed E-state index contributed by atoms with van der Waals surface area (Å²) in [6.45, 7) is 5.29. The van der Waals surface area contributed by atoms with E-state index >= 15 is 0 Å². The van der Waals surface area contributed by atoms with E-state index in [1.54, 1.807) is 11.8 Å². The van der Waals surface area contributed by atoms with Gasteiger partial charge >= 0.3 is 6.03 Å². The van der Waals surface area contributed by atoms with E-state index in [9.17, 15) is 9.59 Å². The minimum Gasteiger partial charge on any atom is -0.353 e. The Labute approximate surface area is 77.5 Å². The number of piperazine rings is 1. The Hall–Kier alpha value is -1.26. The van der Waals surface area contributed by atoms with Gasteiger partial charge in [-0.3, -0.25) is 4.79 Å². The fraction of sp³-hybridized carbons (Fsp3) is 0.750. The van der Waals surface area contributed by atoms with Crippen molar-refractivity contribution in [2.24, 2.45) is 0 Å². The van der Waals surface area contributed by atoms with Crippen LogP contribution in [0, 0.1) is 0 Å². The Morgan fingerprint density at radius 3 is 3.08 bits per heavy atom. The smallest absolute Gasteiger partial charge is 0.318 e. The minimum atomic E-state index is -0.361. The van der Waals surface area contributed by atoms with E-state index < -0.39 is 0 Å². The number of carbonyl (C=O) groups excluding carboxylic acids is 2. The fourth-order valence-electron chi connectivity index (χ4n) is 1.31. The Kier molecular flexibility index (Phi) is 3.11. The first-order chi connectivity index (χ1) is 6.16. The molecule has 1 rings (SSSR count). The van der Waals surface area contributed by atoms with Crippen LogP contribution in [-0.2, 0) is 4.79 Å². The molecule has 0 aromatic heterocycles. The van der Waals surface area contributed by atoms with E-state index in [1.165, 1.54) is 0 Å². The third-order valence-electron chi connectivity index (χ3n) is 2.09. The second kappa shape index (κ2) is 4.11. The number of nitrogens with one attached hydrogen (secondary N) is 2. The van der Waals surface area contributed by atoms with Gasteiger partial charge in [-0.1, -0.05) is 0 Å². The van der Waals surface area contributed by atoms with Crippen LogP contribution in [0.4, 0.5) is 4.79 Å². The first kappa shape index (κ1) is 9.83. The lowest BCUT2D eigenvalue weighted by molar-refractivity contribution is -0.126. The molecule has 1 unspecified atom stereocenters. The van der Waals surface area contributed by atoms with E-state index in [0.29, 0.717) is 19.6 Å². The van der Waals surface area contributed by atoms with Crippen molar-refractivity contribution in [3.05, 3.63) is 0 Å². The van der Waals surface area contributed by atoms with Crippen molar-refractivity contribution in [2.75, 3.05) is 19.6 Å². The van der Waals surface area contributed by atoms with Crippen LogP contribution < -0.4 is 10.6 Å². The Balaban J connectivity index is 2.57. The Morgan fingerprint density at radius 2 is 2.46 bits per heavy atom. The zero-order valence-electron chi connectivity index (χ0n) is 7.96. The summed E-state index contributed by atoms with van der Waals surface area (Å²) in [5, 5.41) is 5.37. The zero-order chi connectivity index (χ0) is 9.84. The van der Waals surface area contributed by atoms with Gasteiger partial charge in [-0.2, -0.15) is 0 Å². The summed E-state index contributed by atoms with van der Waals surface area (Å²) >= 11 is 0. The van der Waals surface area contributed by atoms with Crippen molar-refractivity contribution in [3.8, 4) is 0 Å². The topological polar surface area (TPSA) is 61.4 Å². The Morgan fingerprint density at radius 1 is 1.77 bits per heavy atom. The number of hydrogen-bond acceptors (Lipinski definition) is 2. The molecule has 3 amide bonds. The van der Waals surface area contributed by atoms with Gasteiger partial charge in [0.15, 0.2) is 0 Å². The van der Waals surface area contributed by atoms with E-state index in [-0.39, 0.29) is 18.0 Å². The van der Waals surface area contributed by atoms with Crippen molar-refractivity contribution in [1.82, 2.24) is 15.5 Å². The number of nitrogens with zero attached hydrogens (tertiary/aromatic N) is 1. The van der Waals surface area contributed by atoms with Gasteiger partial charge < -0.3 is 15.5 Å². The van der Waals surface area contributed by atoms with Crippen LogP contribution in [0.25, 0.3) is 0 Å². The first-order valence-electron chi connectivity index (χ1n) is 4.49. The molecule has 0 aromatic rings. The highest BCUT2D eigenvalue weighted by Gasteiger charge is 2.28. The largest absolute Gasteiger partial charge is 0.353 e. The van der Waals surface area contributed by atoms with Gasteiger partial charge in [0.2, 0.25) is 5.91 Å². The molecule has 2 N–H and O–H groups in total. The molecule has 5 nitrogen and oxygen atoms in total. The zero-order valence-corrected chi connectivity index (χ0v) is 7.96. The quantitative estimate of drug-likeness (QED) is 0.580. The van der Waals surface area contributed by atoms with Gasteiger partial charge in [0.1, 0.15) is 6.04 Å². The minimum absolute atomic E-state index is 0.0856. The van der Waals surface area contributed by atoms with Crippen LogP contribution in [-0.4, -0.2) is 42.5 Å². The maximum atomic E-state index is 11.4. The average Bonchev–Trinajstić information content (AvgIpc) is 2.10. The van der Waals surface area contributed by atoms with Crippen LogP contribution in [0.5, 0.6) is 0 Å². The van der Waals surface area contributed by atoms with Gasteiger partial charge in [0.25, 0.3) is 0 Å². The molecule has 0 aromatic carbocycles. The average molecular weight is 185 g/mol. The summed E-state index contributed by atoms with van der Waals surface area (Å²) < 4.78 is 0. The highest BCUT2D eigenvalue weighted by atomic mass is 16.2. The van der Waals surface area contributed by atoms with E-state index in [4.69, 9.17) is 0 Å². The third-order valence-corrected chi connectivity index (χ3v) is 2.09. The number of urea groups is 1. The van der Waals surface area contributed by atoms with Gasteiger partial charge in [-0.15, -0.1) is 0 Å². The van der Waals surface area contributed by atoms with Crippen LogP contribution in [0.1, 0.15) is 13.8 Å². The molecule has 1 saturated heterocycles. The summed E-state index contributed by atoms with van der Waals surface area (Å²) in [6.07, 6.45) is 0. The molecule has 0 spiro atoms. The van der Waals surface area contributed by atoms with Gasteiger partial charge in [-0.25, -0.2) is 4.79 Å². The maximum Gasteiger partial charge on any atom is 0.318 e. The molecule has 0 aliphatic carbocycles. The highest BCUT2D eigenvalue weighted by molar-refractivity contribution is 5.87. The summed E-state index contributed by atoms with van der Waals surface area (Å²) in [4.78, 5) is 24.1. The van der Waals surface area contributed by atoms with E-state index in [0.717, 1.165) is 0 Å². The molecular weight excluding hydrogens is 170 g/mol. The van der Waals surface area contributed by atoms with Crippen LogP contribution in [0.2, 0.25) is 0 Å². The predicted octanol–water partition coefficient (Wildman–Crippen LogP) is -0.464. The molecule has 0 saturated carbocycles. The number of carbonyl (C=O) groups is 2. The van der Waals surface area contributed by atoms with E-state index in [1.807, 2.05) is 6.92 Å². The van der Waals surface area contributed by atoms with Crippen molar-refractivity contribution in [1.29, 1.82) is 0 Å². The lowest BCUT2D eigenvalue weighted by Crippen LogP contribution is -2.58. The third kappa shape index (κ3) is 2.11. The van der Waals surface area contributed by atoms with Crippen LogP contribution in [0.3, 0.4) is 0 Å². The summed E-state index contributed by atoms with van der Waals surface area (Å²) in [5.41, 5.74) is 0. The maximum absolute atomic E-state index is 11.4. The predicted molar refractivity (Wildman–Crippen MR) is 48.3 cm³/mol. The van der Waals surface area contributed by atoms with Crippen LogP contribution in [0.15, 0.2) is 0 Å². The molecule has 1 atom stereocenters. The number of amides is 3. The number of rotatable bonds is 1. The van der Waals surface area contributed by atoms with Gasteiger partial charge in [0, 0.05) is 19.6 Å². The van der Waals surface area contributed by atoms with E-state index in [2.05, 4.69) is 10.6 Å². The highest BCUT2D eigenvalue weighted by Crippen LogP contribution is 2.03. The van der Waals surface area contributed by atoms with Crippen molar-refractivity contribution < 1.29 is 9.59 Å². The molecule has 1 fully saturated rings. The van der Waals surface area contributed by atoms with Crippen LogP contribution >= 0.6 is 0 Å². The molecule has 0 bridgehead atoms. The summed E-state index contributed by atoms with van der Waals surface area (Å²) in [6, 6.07) is -0.523. The molecule has 1 aliphatic heterocycles. The summed E-state index contributed by atoms with van der Waals surface area (Å²) in [7, 11) is 0. The summed E-state index contributed by atoms with van der Waals surface area (Å²) in [5.74, 6) is -0.0856. The Bertz CT molecular complexity index is 217. The van der Waals surface area contributed by atoms with Gasteiger partial charge in [0.05, 0.1) is 0 Å². The van der Waals surface area contributed by atoms with Crippen molar-refractivity contribution in [2.45, 2.75) is 19.9 Å². The second-order valence-corrected chi connectivity index (χ2v) is 3.00. The first-order valence-corrected chi connectivity index (χ1v) is 4.49. The van der Waals surface area contributed by atoms with Gasteiger partial charge in [-0.05, 0) is 13.8 Å². The normalized spacial score (nSPS) is 22.5. The SMILES string of the molecule is CCNC(=O)N1CCNC(=O)C1C. The van der Waals surface area contributed by atoms with Crippen molar-refractivity contribution >= 4 is 11.9 Å². The van der Waals surface area contributed by atoms with Crippen molar-refractivity contribution in [3.63, 3.8) is 0 Å². The molecule has 0 radical (unpaired) electrons. The molecule has 5 heteroatoms. The fourth-order valence-corrected chi connectivity index (χ4v) is 1.31. The molecule has 13 heavy (non-hydrogen) atoms. The second-order valence-electron chi connectivity index (χ2n) is 3.00. The lowest BCUT2D eigenvalue weighted by atomic mass is 10.2.